The normalized spacial score (nSPS) is 12.0. The number of para-hydroxylation sites is 4. The summed E-state index contributed by atoms with van der Waals surface area (Å²) >= 11 is 1.88. The lowest BCUT2D eigenvalue weighted by Gasteiger charge is -2.27. The highest BCUT2D eigenvalue weighted by Gasteiger charge is 2.26. The van der Waals surface area contributed by atoms with E-state index in [-0.39, 0.29) is 0 Å². The molecule has 0 aliphatic rings. The van der Waals surface area contributed by atoms with Crippen LogP contribution in [0, 0.1) is 0 Å². The molecule has 0 spiro atoms. The monoisotopic (exact) mass is 656 g/mol. The fraction of sp³-hybridized carbons (Fsp3) is 0. The molecular weight excluding hydrogens is 629 g/mol. The highest BCUT2D eigenvalue weighted by Crippen LogP contribution is 2.51. The number of hydrogen-bond acceptors (Lipinski definition) is 3. The first-order chi connectivity index (χ1) is 24.8. The molecule has 0 bridgehead atoms. The van der Waals surface area contributed by atoms with E-state index in [1.165, 1.54) is 47.2 Å². The molecule has 234 valence electrons. The van der Waals surface area contributed by atoms with Crippen molar-refractivity contribution >= 4 is 103 Å². The number of aromatic nitrogens is 1. The van der Waals surface area contributed by atoms with E-state index < -0.39 is 0 Å². The largest absolute Gasteiger partial charge is 0.454 e. The number of furan rings is 1. The van der Waals surface area contributed by atoms with Gasteiger partial charge in [-0.25, -0.2) is 0 Å². The van der Waals surface area contributed by atoms with E-state index in [4.69, 9.17) is 4.42 Å². The van der Waals surface area contributed by atoms with Crippen molar-refractivity contribution in [1.29, 1.82) is 0 Å². The van der Waals surface area contributed by atoms with Crippen LogP contribution in [0.1, 0.15) is 0 Å². The van der Waals surface area contributed by atoms with Crippen LogP contribution in [0.4, 0.5) is 17.1 Å². The molecule has 0 saturated carbocycles. The second-order valence-corrected chi connectivity index (χ2v) is 13.9. The van der Waals surface area contributed by atoms with E-state index in [9.17, 15) is 0 Å². The van der Waals surface area contributed by atoms with Crippen LogP contribution in [0.25, 0.3) is 80.4 Å². The lowest BCUT2D eigenvalue weighted by Crippen LogP contribution is -2.11. The molecule has 3 heterocycles. The Labute approximate surface area is 291 Å². The third-order valence-corrected chi connectivity index (χ3v) is 11.4. The summed E-state index contributed by atoms with van der Waals surface area (Å²) in [4.78, 5) is 2.45. The summed E-state index contributed by atoms with van der Waals surface area (Å²) in [5, 5.41) is 9.72. The molecule has 0 aliphatic heterocycles. The van der Waals surface area contributed by atoms with E-state index in [1.807, 2.05) is 17.4 Å². The van der Waals surface area contributed by atoms with Crippen LogP contribution in [-0.2, 0) is 0 Å². The van der Waals surface area contributed by atoms with Crippen LogP contribution < -0.4 is 4.90 Å². The van der Waals surface area contributed by atoms with Crippen LogP contribution in [-0.4, -0.2) is 4.57 Å². The van der Waals surface area contributed by atoms with Gasteiger partial charge in [-0.05, 0) is 59.3 Å². The van der Waals surface area contributed by atoms with Crippen LogP contribution in [0.15, 0.2) is 174 Å². The smallest absolute Gasteiger partial charge is 0.159 e. The average Bonchev–Trinajstić information content (AvgIpc) is 3.86. The zero-order valence-electron chi connectivity index (χ0n) is 26.9. The first-order valence-electron chi connectivity index (χ1n) is 16.9. The highest BCUT2D eigenvalue weighted by molar-refractivity contribution is 7.27. The van der Waals surface area contributed by atoms with Gasteiger partial charge >= 0.3 is 0 Å². The van der Waals surface area contributed by atoms with Gasteiger partial charge in [0.05, 0.1) is 32.8 Å². The second-order valence-electron chi connectivity index (χ2n) is 12.9. The van der Waals surface area contributed by atoms with Crippen molar-refractivity contribution in [2.45, 2.75) is 0 Å². The van der Waals surface area contributed by atoms with Crippen LogP contribution >= 0.6 is 11.3 Å². The molecule has 0 fully saturated rings. The van der Waals surface area contributed by atoms with Gasteiger partial charge < -0.3 is 13.9 Å². The Hall–Kier alpha value is -6.36. The topological polar surface area (TPSA) is 21.3 Å². The molecule has 4 heteroatoms. The van der Waals surface area contributed by atoms with Gasteiger partial charge in [0.25, 0.3) is 0 Å². The summed E-state index contributed by atoms with van der Waals surface area (Å²) in [5.41, 5.74) is 8.49. The maximum absolute atomic E-state index is 6.77. The standard InChI is InChI=1S/C46H28N2OS/c1-2-14-30(15-3-1)47-37-21-8-6-18-36(37)43-38(47)22-12-23-39(43)48(40-24-10-19-33-32-17-7-9-26-42(32)49-44(33)40)41-25-11-20-34-35-28-27-29-13-4-5-16-31(29)45(35)50-46(34)41/h1-28H. The van der Waals surface area contributed by atoms with Crippen molar-refractivity contribution in [1.82, 2.24) is 4.57 Å². The molecule has 0 N–H and O–H groups in total. The Bertz CT molecular complexity index is 3110. The third-order valence-electron chi connectivity index (χ3n) is 10.2. The summed E-state index contributed by atoms with van der Waals surface area (Å²) in [6.45, 7) is 0. The van der Waals surface area contributed by atoms with Gasteiger partial charge in [0.2, 0.25) is 0 Å². The molecule has 0 saturated heterocycles. The van der Waals surface area contributed by atoms with Gasteiger partial charge in [-0.2, -0.15) is 0 Å². The van der Waals surface area contributed by atoms with Gasteiger partial charge in [0, 0.05) is 42.7 Å². The second kappa shape index (κ2) is 10.6. The van der Waals surface area contributed by atoms with Crippen LogP contribution in [0.2, 0.25) is 0 Å². The molecule has 0 radical (unpaired) electrons. The lowest BCUT2D eigenvalue weighted by atomic mass is 10.0. The Morgan fingerprint density at radius 1 is 0.420 bits per heavy atom. The molecule has 0 aliphatic carbocycles. The summed E-state index contributed by atoms with van der Waals surface area (Å²) in [6.07, 6.45) is 0. The summed E-state index contributed by atoms with van der Waals surface area (Å²) in [5.74, 6) is 0. The highest BCUT2D eigenvalue weighted by atomic mass is 32.1. The average molecular weight is 657 g/mol. The predicted octanol–water partition coefficient (Wildman–Crippen LogP) is 13.7. The van der Waals surface area contributed by atoms with Crippen LogP contribution in [0.3, 0.4) is 0 Å². The molecule has 3 aromatic heterocycles. The number of benzene rings is 8. The van der Waals surface area contributed by atoms with Gasteiger partial charge in [-0.3, -0.25) is 0 Å². The minimum absolute atomic E-state index is 0.876. The third kappa shape index (κ3) is 3.85. The van der Waals surface area contributed by atoms with E-state index >= 15 is 0 Å². The van der Waals surface area contributed by atoms with Gasteiger partial charge in [-0.15, -0.1) is 11.3 Å². The molecular formula is C46H28N2OS. The molecule has 3 nitrogen and oxygen atoms in total. The van der Waals surface area contributed by atoms with E-state index in [0.717, 1.165) is 50.2 Å². The summed E-state index contributed by atoms with van der Waals surface area (Å²) in [6, 6.07) is 61.1. The van der Waals surface area contributed by atoms with E-state index in [0.29, 0.717) is 0 Å². The minimum atomic E-state index is 0.876. The first kappa shape index (κ1) is 27.6. The van der Waals surface area contributed by atoms with Crippen molar-refractivity contribution in [2.24, 2.45) is 0 Å². The number of hydrogen-bond donors (Lipinski definition) is 0. The number of thiophene rings is 1. The van der Waals surface area contributed by atoms with E-state index in [1.54, 1.807) is 0 Å². The zero-order chi connectivity index (χ0) is 32.8. The Kier molecular flexibility index (Phi) is 5.83. The molecule has 11 rings (SSSR count). The Morgan fingerprint density at radius 3 is 1.96 bits per heavy atom. The summed E-state index contributed by atoms with van der Waals surface area (Å²) in [7, 11) is 0. The lowest BCUT2D eigenvalue weighted by molar-refractivity contribution is 0.669. The van der Waals surface area contributed by atoms with Crippen molar-refractivity contribution in [3.8, 4) is 5.69 Å². The first-order valence-corrected chi connectivity index (χ1v) is 17.8. The molecule has 0 atom stereocenters. The number of fused-ring (bicyclic) bond motifs is 11. The summed E-state index contributed by atoms with van der Waals surface area (Å²) < 4.78 is 11.7. The zero-order valence-corrected chi connectivity index (χ0v) is 27.7. The van der Waals surface area contributed by atoms with Crippen molar-refractivity contribution in [2.75, 3.05) is 4.90 Å². The maximum atomic E-state index is 6.77. The maximum Gasteiger partial charge on any atom is 0.159 e. The quantitative estimate of drug-likeness (QED) is 0.188. The Balaban J connectivity index is 1.30. The fourth-order valence-electron chi connectivity index (χ4n) is 8.03. The van der Waals surface area contributed by atoms with Crippen molar-refractivity contribution < 1.29 is 4.42 Å². The fourth-order valence-corrected chi connectivity index (χ4v) is 9.37. The minimum Gasteiger partial charge on any atom is -0.454 e. The van der Waals surface area contributed by atoms with Crippen molar-refractivity contribution in [3.63, 3.8) is 0 Å². The van der Waals surface area contributed by atoms with Gasteiger partial charge in [0.1, 0.15) is 5.58 Å². The van der Waals surface area contributed by atoms with Crippen LogP contribution in [0.5, 0.6) is 0 Å². The number of rotatable bonds is 4. The Morgan fingerprint density at radius 2 is 1.06 bits per heavy atom. The van der Waals surface area contributed by atoms with Gasteiger partial charge in [0.15, 0.2) is 5.58 Å². The SMILES string of the molecule is c1ccc(-n2c3ccccc3c3c(N(c4cccc5c4oc4ccccc45)c4cccc5c4sc4c6ccccc6ccc54)cccc32)cc1. The molecule has 0 unspecified atom stereocenters. The molecule has 11 aromatic rings. The number of nitrogens with zero attached hydrogens (tertiary/aromatic N) is 2. The van der Waals surface area contributed by atoms with Crippen molar-refractivity contribution in [3.05, 3.63) is 170 Å². The molecule has 50 heavy (non-hydrogen) atoms. The number of anilines is 3. The molecule has 8 aromatic carbocycles. The predicted molar refractivity (Wildman–Crippen MR) is 213 cm³/mol. The van der Waals surface area contributed by atoms with E-state index in [2.05, 4.69) is 173 Å². The molecule has 0 amide bonds. The van der Waals surface area contributed by atoms with Gasteiger partial charge in [-0.1, -0.05) is 121 Å².